The molecule has 1 aliphatic heterocycles. The highest BCUT2D eigenvalue weighted by molar-refractivity contribution is 7.95. The van der Waals surface area contributed by atoms with E-state index in [9.17, 15) is 8.42 Å². The van der Waals surface area contributed by atoms with Gasteiger partial charge in [0.15, 0.2) is 5.03 Å². The molecule has 0 spiro atoms. The molecule has 0 aliphatic carbocycles. The molecule has 1 aliphatic rings. The smallest absolute Gasteiger partial charge is 0.217 e. The van der Waals surface area contributed by atoms with Gasteiger partial charge in [-0.15, -0.1) is 5.11 Å². The second-order valence-electron chi connectivity index (χ2n) is 4.51. The molecule has 0 saturated carbocycles. The summed E-state index contributed by atoms with van der Waals surface area (Å²) < 4.78 is 24.6. The van der Waals surface area contributed by atoms with Crippen molar-refractivity contribution in [1.29, 1.82) is 0 Å². The van der Waals surface area contributed by atoms with Crippen molar-refractivity contribution in [2.75, 3.05) is 0 Å². The summed E-state index contributed by atoms with van der Waals surface area (Å²) in [5.41, 5.74) is 0.151. The maximum atomic E-state index is 12.3. The first kappa shape index (κ1) is 12.0. The van der Waals surface area contributed by atoms with Crippen LogP contribution in [0.1, 0.15) is 20.8 Å². The molecule has 0 amide bonds. The summed E-state index contributed by atoms with van der Waals surface area (Å²) in [6, 6.07) is 8.30. The lowest BCUT2D eigenvalue weighted by atomic mass is 9.99. The van der Waals surface area contributed by atoms with E-state index in [-0.39, 0.29) is 9.92 Å². The van der Waals surface area contributed by atoms with E-state index in [4.69, 9.17) is 0 Å². The van der Waals surface area contributed by atoms with Gasteiger partial charge in [0, 0.05) is 0 Å². The summed E-state index contributed by atoms with van der Waals surface area (Å²) in [5, 5.41) is 7.91. The summed E-state index contributed by atoms with van der Waals surface area (Å²) in [6.45, 7) is 5.45. The molecule has 0 bridgehead atoms. The number of sulfone groups is 1. The Kier molecular flexibility index (Phi) is 2.66. The molecule has 2 rings (SSSR count). The predicted octanol–water partition coefficient (Wildman–Crippen LogP) is 2.94. The van der Waals surface area contributed by atoms with Gasteiger partial charge in [0.25, 0.3) is 0 Å². The van der Waals surface area contributed by atoms with Crippen molar-refractivity contribution >= 4 is 9.84 Å². The van der Waals surface area contributed by atoms with E-state index in [1.165, 1.54) is 0 Å². The molecule has 1 aromatic rings. The molecule has 0 atom stereocenters. The van der Waals surface area contributed by atoms with Gasteiger partial charge in [-0.2, -0.15) is 5.11 Å². The average molecular weight is 250 g/mol. The van der Waals surface area contributed by atoms with Crippen molar-refractivity contribution < 1.29 is 8.42 Å². The van der Waals surface area contributed by atoms with Crippen LogP contribution in [0.2, 0.25) is 0 Å². The maximum Gasteiger partial charge on any atom is 0.225 e. The Labute approximate surface area is 101 Å². The molecule has 1 heterocycles. The lowest BCUT2D eigenvalue weighted by Crippen LogP contribution is -2.16. The fraction of sp³-hybridized carbons (Fsp3) is 0.333. The molecule has 17 heavy (non-hydrogen) atoms. The SMILES string of the molecule is CC1=C(S(=O)(=O)c2ccccc2)N=NC1(C)C. The van der Waals surface area contributed by atoms with Crippen LogP contribution < -0.4 is 0 Å². The van der Waals surface area contributed by atoms with Crippen LogP contribution in [-0.4, -0.2) is 14.0 Å². The highest BCUT2D eigenvalue weighted by Gasteiger charge is 2.35. The monoisotopic (exact) mass is 250 g/mol. The number of nitrogens with zero attached hydrogens (tertiary/aromatic N) is 2. The second kappa shape index (κ2) is 3.77. The van der Waals surface area contributed by atoms with Gasteiger partial charge < -0.3 is 0 Å². The Morgan fingerprint density at radius 2 is 1.71 bits per heavy atom. The van der Waals surface area contributed by atoms with Crippen LogP contribution in [0.5, 0.6) is 0 Å². The van der Waals surface area contributed by atoms with Crippen LogP contribution in [0, 0.1) is 0 Å². The minimum atomic E-state index is -3.54. The van der Waals surface area contributed by atoms with Crippen LogP contribution in [0.25, 0.3) is 0 Å². The van der Waals surface area contributed by atoms with Crippen molar-refractivity contribution in [1.82, 2.24) is 0 Å². The summed E-state index contributed by atoms with van der Waals surface area (Å²) in [5.74, 6) is 0. The molecular weight excluding hydrogens is 236 g/mol. The molecule has 0 saturated heterocycles. The van der Waals surface area contributed by atoms with Gasteiger partial charge in [-0.1, -0.05) is 18.2 Å². The number of azo groups is 1. The van der Waals surface area contributed by atoms with E-state index < -0.39 is 15.4 Å². The van der Waals surface area contributed by atoms with Gasteiger partial charge in [-0.25, -0.2) is 8.42 Å². The molecule has 90 valence electrons. The standard InChI is InChI=1S/C12H14N2O2S/c1-9-11(13-14-12(9,2)3)17(15,16)10-7-5-4-6-8-10/h4-8H,1-3H3. The van der Waals surface area contributed by atoms with Crippen molar-refractivity contribution in [2.24, 2.45) is 10.2 Å². The van der Waals surface area contributed by atoms with Crippen molar-refractivity contribution in [3.63, 3.8) is 0 Å². The summed E-state index contributed by atoms with van der Waals surface area (Å²) in [4.78, 5) is 0.256. The lowest BCUT2D eigenvalue weighted by Gasteiger charge is -2.13. The van der Waals surface area contributed by atoms with Gasteiger partial charge in [-0.3, -0.25) is 0 Å². The largest absolute Gasteiger partial charge is 0.225 e. The average Bonchev–Trinajstić information content (AvgIpc) is 2.56. The van der Waals surface area contributed by atoms with Gasteiger partial charge in [0.2, 0.25) is 9.84 Å². The third kappa shape index (κ3) is 1.91. The van der Waals surface area contributed by atoms with Crippen LogP contribution >= 0.6 is 0 Å². The quantitative estimate of drug-likeness (QED) is 0.810. The van der Waals surface area contributed by atoms with E-state index in [2.05, 4.69) is 10.2 Å². The van der Waals surface area contributed by atoms with Crippen molar-refractivity contribution in [3.05, 3.63) is 40.9 Å². The highest BCUT2D eigenvalue weighted by atomic mass is 32.2. The van der Waals surface area contributed by atoms with Crippen LogP contribution in [0.3, 0.4) is 0 Å². The van der Waals surface area contributed by atoms with E-state index in [1.54, 1.807) is 37.3 Å². The molecule has 0 aromatic heterocycles. The third-order valence-electron chi connectivity index (χ3n) is 2.94. The topological polar surface area (TPSA) is 58.9 Å². The van der Waals surface area contributed by atoms with Crippen LogP contribution in [0.4, 0.5) is 0 Å². The molecule has 0 unspecified atom stereocenters. The summed E-state index contributed by atoms with van der Waals surface area (Å²) in [6.07, 6.45) is 0. The van der Waals surface area contributed by atoms with Crippen LogP contribution in [0.15, 0.2) is 56.1 Å². The fourth-order valence-corrected chi connectivity index (χ4v) is 3.09. The van der Waals surface area contributed by atoms with Gasteiger partial charge in [0.1, 0.15) is 5.54 Å². The Morgan fingerprint density at radius 1 is 1.12 bits per heavy atom. The number of hydrogen-bond donors (Lipinski definition) is 0. The third-order valence-corrected chi connectivity index (χ3v) is 4.73. The first-order chi connectivity index (χ1) is 7.86. The maximum absolute atomic E-state index is 12.3. The first-order valence-corrected chi connectivity index (χ1v) is 6.78. The first-order valence-electron chi connectivity index (χ1n) is 5.30. The zero-order valence-corrected chi connectivity index (χ0v) is 10.8. The zero-order chi connectivity index (χ0) is 12.7. The van der Waals surface area contributed by atoms with Crippen molar-refractivity contribution in [2.45, 2.75) is 31.2 Å². The minimum Gasteiger partial charge on any atom is -0.217 e. The highest BCUT2D eigenvalue weighted by Crippen LogP contribution is 2.36. The normalized spacial score (nSPS) is 18.8. The Morgan fingerprint density at radius 3 is 2.18 bits per heavy atom. The van der Waals surface area contributed by atoms with E-state index >= 15 is 0 Å². The van der Waals surface area contributed by atoms with E-state index in [0.717, 1.165) is 0 Å². The molecule has 5 heteroatoms. The second-order valence-corrected chi connectivity index (χ2v) is 6.37. The minimum absolute atomic E-state index is 0.0775. The number of rotatable bonds is 2. The summed E-state index contributed by atoms with van der Waals surface area (Å²) >= 11 is 0. The van der Waals surface area contributed by atoms with E-state index in [1.807, 2.05) is 13.8 Å². The zero-order valence-electron chi connectivity index (χ0n) is 10.0. The lowest BCUT2D eigenvalue weighted by molar-refractivity contribution is 0.600. The van der Waals surface area contributed by atoms with Gasteiger partial charge in [0.05, 0.1) is 4.90 Å². The molecular formula is C12H14N2O2S. The predicted molar refractivity (Wildman–Crippen MR) is 65.3 cm³/mol. The Bertz CT molecular complexity index is 599. The summed E-state index contributed by atoms with van der Waals surface area (Å²) in [7, 11) is -3.54. The van der Waals surface area contributed by atoms with Gasteiger partial charge >= 0.3 is 0 Å². The number of benzene rings is 1. The molecule has 0 N–H and O–H groups in total. The van der Waals surface area contributed by atoms with Crippen LogP contribution in [-0.2, 0) is 9.84 Å². The van der Waals surface area contributed by atoms with Gasteiger partial charge in [-0.05, 0) is 38.5 Å². The fourth-order valence-electron chi connectivity index (χ4n) is 1.55. The molecule has 0 radical (unpaired) electrons. The Hall–Kier alpha value is -1.49. The van der Waals surface area contributed by atoms with E-state index in [0.29, 0.717) is 5.57 Å². The molecule has 1 aromatic carbocycles. The Balaban J connectivity index is 2.58. The molecule has 4 nitrogen and oxygen atoms in total. The number of hydrogen-bond acceptors (Lipinski definition) is 4. The van der Waals surface area contributed by atoms with Crippen molar-refractivity contribution in [3.8, 4) is 0 Å². The molecule has 0 fully saturated rings.